The van der Waals surface area contributed by atoms with Gasteiger partial charge in [-0.3, -0.25) is 4.21 Å². The molecule has 5 heteroatoms. The van der Waals surface area contributed by atoms with E-state index in [4.69, 9.17) is 11.6 Å². The maximum atomic E-state index is 13.1. The number of rotatable bonds is 6. The molecule has 1 rings (SSSR count). The molecule has 1 aromatic carbocycles. The minimum Gasteiger partial charge on any atom is -0.312 e. The van der Waals surface area contributed by atoms with Crippen molar-refractivity contribution in [3.8, 4) is 0 Å². The third kappa shape index (κ3) is 4.60. The Bertz CT molecular complexity index is 373. The highest BCUT2D eigenvalue weighted by atomic mass is 35.5. The topological polar surface area (TPSA) is 29.1 Å². The standard InChI is InChI=1S/C11H15ClFNOS/c1-2-16(15)6-5-14-8-9-3-4-10(12)11(13)7-9/h3-4,7,14H,2,5-6,8H2,1H3. The van der Waals surface area contributed by atoms with Gasteiger partial charge < -0.3 is 5.32 Å². The minimum absolute atomic E-state index is 0.135. The number of halogens is 2. The van der Waals surface area contributed by atoms with Gasteiger partial charge in [0.2, 0.25) is 0 Å². The van der Waals surface area contributed by atoms with Gasteiger partial charge in [0, 0.05) is 35.4 Å². The first-order chi connectivity index (χ1) is 7.63. The summed E-state index contributed by atoms with van der Waals surface area (Å²) < 4.78 is 24.2. The van der Waals surface area contributed by atoms with Crippen LogP contribution in [0.25, 0.3) is 0 Å². The van der Waals surface area contributed by atoms with Crippen LogP contribution in [0.1, 0.15) is 12.5 Å². The summed E-state index contributed by atoms with van der Waals surface area (Å²) in [5.74, 6) is 0.905. The van der Waals surface area contributed by atoms with E-state index in [-0.39, 0.29) is 5.02 Å². The Labute approximate surface area is 103 Å². The van der Waals surface area contributed by atoms with Crippen LogP contribution in [0.15, 0.2) is 18.2 Å². The van der Waals surface area contributed by atoms with E-state index in [0.29, 0.717) is 24.6 Å². The van der Waals surface area contributed by atoms with Crippen LogP contribution in [-0.2, 0) is 17.3 Å². The summed E-state index contributed by atoms with van der Waals surface area (Å²) in [5, 5.41) is 3.25. The fourth-order valence-corrected chi connectivity index (χ4v) is 1.99. The Balaban J connectivity index is 2.32. The lowest BCUT2D eigenvalue weighted by Gasteiger charge is -2.05. The molecule has 1 atom stereocenters. The quantitative estimate of drug-likeness (QED) is 0.799. The van der Waals surface area contributed by atoms with Gasteiger partial charge in [0.05, 0.1) is 5.02 Å². The highest BCUT2D eigenvalue weighted by molar-refractivity contribution is 7.84. The zero-order valence-corrected chi connectivity index (χ0v) is 10.7. The summed E-state index contributed by atoms with van der Waals surface area (Å²) in [6, 6.07) is 4.72. The molecule has 1 aromatic rings. The van der Waals surface area contributed by atoms with E-state index in [1.54, 1.807) is 6.07 Å². The second-order valence-electron chi connectivity index (χ2n) is 3.36. The lowest BCUT2D eigenvalue weighted by atomic mass is 10.2. The largest absolute Gasteiger partial charge is 0.312 e. The van der Waals surface area contributed by atoms with Crippen LogP contribution < -0.4 is 5.32 Å². The lowest BCUT2D eigenvalue weighted by Crippen LogP contribution is -2.20. The first-order valence-electron chi connectivity index (χ1n) is 5.13. The Morgan fingerprint density at radius 3 is 2.88 bits per heavy atom. The van der Waals surface area contributed by atoms with Crippen molar-refractivity contribution in [2.24, 2.45) is 0 Å². The summed E-state index contributed by atoms with van der Waals surface area (Å²) in [5.41, 5.74) is 0.837. The third-order valence-corrected chi connectivity index (χ3v) is 3.75. The summed E-state index contributed by atoms with van der Waals surface area (Å²) >= 11 is 5.57. The van der Waals surface area contributed by atoms with Crippen LogP contribution in [0, 0.1) is 5.82 Å². The van der Waals surface area contributed by atoms with Gasteiger partial charge >= 0.3 is 0 Å². The van der Waals surface area contributed by atoms with Crippen molar-refractivity contribution in [2.75, 3.05) is 18.1 Å². The predicted octanol–water partition coefficient (Wildman–Crippen LogP) is 2.34. The van der Waals surface area contributed by atoms with E-state index in [2.05, 4.69) is 5.32 Å². The lowest BCUT2D eigenvalue weighted by molar-refractivity contribution is 0.622. The van der Waals surface area contributed by atoms with Crippen LogP contribution >= 0.6 is 11.6 Å². The van der Waals surface area contributed by atoms with Crippen molar-refractivity contribution < 1.29 is 8.60 Å². The molecule has 0 saturated carbocycles. The van der Waals surface area contributed by atoms with E-state index in [1.165, 1.54) is 12.1 Å². The predicted molar refractivity (Wildman–Crippen MR) is 66.7 cm³/mol. The van der Waals surface area contributed by atoms with E-state index in [0.717, 1.165) is 5.56 Å². The van der Waals surface area contributed by atoms with Crippen molar-refractivity contribution in [1.82, 2.24) is 5.32 Å². The molecule has 0 radical (unpaired) electrons. The van der Waals surface area contributed by atoms with Gasteiger partial charge in [-0.05, 0) is 17.7 Å². The van der Waals surface area contributed by atoms with Crippen molar-refractivity contribution in [3.05, 3.63) is 34.6 Å². The fraction of sp³-hybridized carbons (Fsp3) is 0.455. The molecule has 16 heavy (non-hydrogen) atoms. The van der Waals surface area contributed by atoms with E-state index in [1.807, 2.05) is 6.92 Å². The molecule has 1 N–H and O–H groups in total. The smallest absolute Gasteiger partial charge is 0.142 e. The SMILES string of the molecule is CCS(=O)CCNCc1ccc(Cl)c(F)c1. The van der Waals surface area contributed by atoms with Crippen LogP contribution in [-0.4, -0.2) is 22.3 Å². The number of hydrogen-bond donors (Lipinski definition) is 1. The second kappa shape index (κ2) is 6.99. The van der Waals surface area contributed by atoms with Gasteiger partial charge in [-0.25, -0.2) is 4.39 Å². The Kier molecular flexibility index (Phi) is 5.95. The van der Waals surface area contributed by atoms with Crippen molar-refractivity contribution in [1.29, 1.82) is 0 Å². The highest BCUT2D eigenvalue weighted by Gasteiger charge is 2.01. The van der Waals surface area contributed by atoms with Gasteiger partial charge in [-0.2, -0.15) is 0 Å². The zero-order valence-electron chi connectivity index (χ0n) is 9.13. The Morgan fingerprint density at radius 1 is 1.50 bits per heavy atom. The molecule has 0 aliphatic rings. The van der Waals surface area contributed by atoms with Crippen molar-refractivity contribution >= 4 is 22.4 Å². The number of nitrogens with one attached hydrogen (secondary N) is 1. The van der Waals surface area contributed by atoms with Crippen LogP contribution in [0.5, 0.6) is 0 Å². The Morgan fingerprint density at radius 2 is 2.25 bits per heavy atom. The average molecular weight is 264 g/mol. The number of hydrogen-bond acceptors (Lipinski definition) is 2. The number of benzene rings is 1. The van der Waals surface area contributed by atoms with Crippen LogP contribution in [0.4, 0.5) is 4.39 Å². The van der Waals surface area contributed by atoms with E-state index in [9.17, 15) is 8.60 Å². The minimum atomic E-state index is -0.751. The molecule has 0 saturated heterocycles. The zero-order chi connectivity index (χ0) is 12.0. The second-order valence-corrected chi connectivity index (χ2v) is 5.63. The molecule has 0 spiro atoms. The monoisotopic (exact) mass is 263 g/mol. The molecular weight excluding hydrogens is 249 g/mol. The molecule has 1 unspecified atom stereocenters. The van der Waals surface area contributed by atoms with Gasteiger partial charge in [-0.15, -0.1) is 0 Å². The van der Waals surface area contributed by atoms with Gasteiger partial charge in [0.15, 0.2) is 0 Å². The molecule has 0 bridgehead atoms. The average Bonchev–Trinajstić information content (AvgIpc) is 2.28. The van der Waals surface area contributed by atoms with E-state index < -0.39 is 16.6 Å². The highest BCUT2D eigenvalue weighted by Crippen LogP contribution is 2.15. The normalized spacial score (nSPS) is 12.7. The first-order valence-corrected chi connectivity index (χ1v) is 6.99. The summed E-state index contributed by atoms with van der Waals surface area (Å²) in [7, 11) is -0.751. The van der Waals surface area contributed by atoms with Crippen molar-refractivity contribution in [3.63, 3.8) is 0 Å². The first kappa shape index (κ1) is 13.6. The molecule has 0 amide bonds. The Hall–Kier alpha value is -0.450. The molecule has 2 nitrogen and oxygen atoms in total. The molecule has 0 heterocycles. The maximum Gasteiger partial charge on any atom is 0.142 e. The van der Waals surface area contributed by atoms with Crippen molar-refractivity contribution in [2.45, 2.75) is 13.5 Å². The summed E-state index contributed by atoms with van der Waals surface area (Å²) in [6.45, 7) is 3.13. The van der Waals surface area contributed by atoms with Crippen LogP contribution in [0.3, 0.4) is 0 Å². The van der Waals surface area contributed by atoms with Gasteiger partial charge in [0.1, 0.15) is 5.82 Å². The molecule has 0 aliphatic heterocycles. The molecule has 90 valence electrons. The maximum absolute atomic E-state index is 13.1. The third-order valence-electron chi connectivity index (χ3n) is 2.14. The van der Waals surface area contributed by atoms with Gasteiger partial charge in [0.25, 0.3) is 0 Å². The van der Waals surface area contributed by atoms with E-state index >= 15 is 0 Å². The molecule has 0 aliphatic carbocycles. The molecule has 0 aromatic heterocycles. The molecular formula is C11H15ClFNOS. The fourth-order valence-electron chi connectivity index (χ4n) is 1.21. The summed E-state index contributed by atoms with van der Waals surface area (Å²) in [6.07, 6.45) is 0. The van der Waals surface area contributed by atoms with Gasteiger partial charge in [-0.1, -0.05) is 24.6 Å². The summed E-state index contributed by atoms with van der Waals surface area (Å²) in [4.78, 5) is 0. The van der Waals surface area contributed by atoms with Crippen LogP contribution in [0.2, 0.25) is 5.02 Å². The molecule has 0 fully saturated rings.